The summed E-state index contributed by atoms with van der Waals surface area (Å²) >= 11 is 0. The fourth-order valence-corrected chi connectivity index (χ4v) is 2.52. The van der Waals surface area contributed by atoms with Gasteiger partial charge in [0.15, 0.2) is 11.6 Å². The van der Waals surface area contributed by atoms with E-state index in [4.69, 9.17) is 9.47 Å². The van der Waals surface area contributed by atoms with E-state index in [0.29, 0.717) is 22.9 Å². The molecule has 0 aliphatic heterocycles. The monoisotopic (exact) mass is 378 g/mol. The highest BCUT2D eigenvalue weighted by molar-refractivity contribution is 6.05. The highest BCUT2D eigenvalue weighted by atomic mass is 16.5. The number of anilines is 3. The van der Waals surface area contributed by atoms with Crippen molar-refractivity contribution in [3.05, 3.63) is 66.2 Å². The molecule has 1 amide bonds. The van der Waals surface area contributed by atoms with Crippen molar-refractivity contribution < 1.29 is 14.3 Å². The van der Waals surface area contributed by atoms with Gasteiger partial charge < -0.3 is 20.1 Å². The number of para-hydroxylation sites is 1. The molecule has 1 aromatic heterocycles. The van der Waals surface area contributed by atoms with Crippen molar-refractivity contribution in [2.24, 2.45) is 0 Å². The molecule has 0 aliphatic rings. The van der Waals surface area contributed by atoms with Crippen molar-refractivity contribution in [1.82, 2.24) is 10.2 Å². The molecule has 0 fully saturated rings. The predicted octanol–water partition coefficient (Wildman–Crippen LogP) is 4.27. The van der Waals surface area contributed by atoms with E-state index < -0.39 is 0 Å². The van der Waals surface area contributed by atoms with Crippen molar-refractivity contribution >= 4 is 23.2 Å². The van der Waals surface area contributed by atoms with E-state index in [1.165, 1.54) is 7.11 Å². The van der Waals surface area contributed by atoms with E-state index in [1.807, 2.05) is 38.1 Å². The summed E-state index contributed by atoms with van der Waals surface area (Å²) in [6, 6.07) is 18.0. The van der Waals surface area contributed by atoms with Gasteiger partial charge in [0.2, 0.25) is 0 Å². The molecule has 3 rings (SSSR count). The van der Waals surface area contributed by atoms with Gasteiger partial charge in [0.25, 0.3) is 5.91 Å². The van der Waals surface area contributed by atoms with Gasteiger partial charge in [-0.05, 0) is 62.4 Å². The van der Waals surface area contributed by atoms with E-state index in [9.17, 15) is 4.79 Å². The van der Waals surface area contributed by atoms with Crippen molar-refractivity contribution in [1.29, 1.82) is 0 Å². The highest BCUT2D eigenvalue weighted by Gasteiger charge is 2.12. The van der Waals surface area contributed by atoms with Gasteiger partial charge in [-0.25, -0.2) is 0 Å². The van der Waals surface area contributed by atoms with Crippen LogP contribution >= 0.6 is 0 Å². The summed E-state index contributed by atoms with van der Waals surface area (Å²) in [7, 11) is 1.52. The molecule has 0 saturated heterocycles. The lowest BCUT2D eigenvalue weighted by Gasteiger charge is -2.11. The maximum atomic E-state index is 12.4. The average Bonchev–Trinajstić information content (AvgIpc) is 2.70. The Bertz CT molecular complexity index is 925. The lowest BCUT2D eigenvalue weighted by molar-refractivity contribution is 0.102. The van der Waals surface area contributed by atoms with Crippen LogP contribution in [0.5, 0.6) is 11.5 Å². The van der Waals surface area contributed by atoms with E-state index in [1.54, 1.807) is 36.4 Å². The molecule has 7 nitrogen and oxygen atoms in total. The molecule has 0 bridgehead atoms. The van der Waals surface area contributed by atoms with Crippen molar-refractivity contribution in [3.63, 3.8) is 0 Å². The molecule has 144 valence electrons. The number of ether oxygens (including phenoxy) is 2. The van der Waals surface area contributed by atoms with Crippen molar-refractivity contribution in [2.45, 2.75) is 20.0 Å². The molecule has 7 heteroatoms. The number of amides is 1. The third-order valence-corrected chi connectivity index (χ3v) is 3.76. The Morgan fingerprint density at radius 1 is 0.929 bits per heavy atom. The second-order valence-electron chi connectivity index (χ2n) is 6.27. The van der Waals surface area contributed by atoms with Crippen LogP contribution < -0.4 is 20.1 Å². The Labute approximate surface area is 163 Å². The zero-order valence-electron chi connectivity index (χ0n) is 16.0. The minimum Gasteiger partial charge on any atom is -0.496 e. The first-order valence-corrected chi connectivity index (χ1v) is 8.87. The summed E-state index contributed by atoms with van der Waals surface area (Å²) in [5, 5.41) is 14.0. The van der Waals surface area contributed by atoms with E-state index in [2.05, 4.69) is 20.8 Å². The summed E-state index contributed by atoms with van der Waals surface area (Å²) in [6.07, 6.45) is 0.128. The van der Waals surface area contributed by atoms with Crippen LogP contribution in [0.1, 0.15) is 24.2 Å². The van der Waals surface area contributed by atoms with Crippen LogP contribution in [-0.4, -0.2) is 29.3 Å². The van der Waals surface area contributed by atoms with Crippen LogP contribution in [0, 0.1) is 0 Å². The third-order valence-electron chi connectivity index (χ3n) is 3.76. The molecule has 1 heterocycles. The number of benzene rings is 2. The van der Waals surface area contributed by atoms with Gasteiger partial charge in [0.05, 0.1) is 18.8 Å². The Kier molecular flexibility index (Phi) is 6.06. The van der Waals surface area contributed by atoms with Crippen LogP contribution in [0.15, 0.2) is 60.7 Å². The van der Waals surface area contributed by atoms with Crippen LogP contribution in [-0.2, 0) is 0 Å². The van der Waals surface area contributed by atoms with Gasteiger partial charge in [-0.2, -0.15) is 0 Å². The van der Waals surface area contributed by atoms with Crippen molar-refractivity contribution in [3.8, 4) is 11.5 Å². The smallest absolute Gasteiger partial charge is 0.260 e. The largest absolute Gasteiger partial charge is 0.496 e. The molecule has 28 heavy (non-hydrogen) atoms. The standard InChI is InChI=1S/C21H22N4O3/c1-14(2)28-16-10-8-15(9-11-16)22-19-12-13-20(25-24-19)23-21(26)17-6-4-5-7-18(17)27-3/h4-14H,1-3H3,(H,22,24)(H,23,25,26). The van der Waals surface area contributed by atoms with E-state index in [0.717, 1.165) is 11.4 Å². The van der Waals surface area contributed by atoms with Gasteiger partial charge >= 0.3 is 0 Å². The molecule has 0 aliphatic carbocycles. The Morgan fingerprint density at radius 2 is 1.61 bits per heavy atom. The number of hydrogen-bond acceptors (Lipinski definition) is 6. The van der Waals surface area contributed by atoms with Crippen LogP contribution in [0.3, 0.4) is 0 Å². The topological polar surface area (TPSA) is 85.4 Å². The molecule has 0 unspecified atom stereocenters. The summed E-state index contributed by atoms with van der Waals surface area (Å²) in [4.78, 5) is 12.4. The number of hydrogen-bond donors (Lipinski definition) is 2. The SMILES string of the molecule is COc1ccccc1C(=O)Nc1ccc(Nc2ccc(OC(C)C)cc2)nn1. The number of methoxy groups -OCH3 is 1. The third kappa shape index (κ3) is 4.97. The van der Waals surface area contributed by atoms with Crippen LogP contribution in [0.25, 0.3) is 0 Å². The molecule has 3 aromatic rings. The molecule has 0 spiro atoms. The average molecular weight is 378 g/mol. The number of carbonyl (C=O) groups excluding carboxylic acids is 1. The maximum Gasteiger partial charge on any atom is 0.260 e. The molecular weight excluding hydrogens is 356 g/mol. The van der Waals surface area contributed by atoms with E-state index in [-0.39, 0.29) is 12.0 Å². The second-order valence-corrected chi connectivity index (χ2v) is 6.27. The van der Waals surface area contributed by atoms with E-state index >= 15 is 0 Å². The molecule has 2 N–H and O–H groups in total. The molecule has 0 radical (unpaired) electrons. The number of carbonyl (C=O) groups is 1. The fourth-order valence-electron chi connectivity index (χ4n) is 2.52. The number of aromatic nitrogens is 2. The van der Waals surface area contributed by atoms with Crippen molar-refractivity contribution in [2.75, 3.05) is 17.7 Å². The fraction of sp³-hybridized carbons (Fsp3) is 0.190. The van der Waals surface area contributed by atoms with Gasteiger partial charge in [0.1, 0.15) is 11.5 Å². The highest BCUT2D eigenvalue weighted by Crippen LogP contribution is 2.21. The first-order chi connectivity index (χ1) is 13.5. The summed E-state index contributed by atoms with van der Waals surface area (Å²) < 4.78 is 10.8. The van der Waals surface area contributed by atoms with Gasteiger partial charge in [0, 0.05) is 5.69 Å². The van der Waals surface area contributed by atoms with Gasteiger partial charge in [-0.3, -0.25) is 4.79 Å². The summed E-state index contributed by atoms with van der Waals surface area (Å²) in [6.45, 7) is 3.96. The number of nitrogens with one attached hydrogen (secondary N) is 2. The normalized spacial score (nSPS) is 10.4. The van der Waals surface area contributed by atoms with Crippen LogP contribution in [0.4, 0.5) is 17.3 Å². The first kappa shape index (κ1) is 19.2. The maximum absolute atomic E-state index is 12.4. The van der Waals surface area contributed by atoms with Gasteiger partial charge in [-0.15, -0.1) is 10.2 Å². The lowest BCUT2D eigenvalue weighted by Crippen LogP contribution is -2.14. The molecule has 2 aromatic carbocycles. The minimum absolute atomic E-state index is 0.128. The van der Waals surface area contributed by atoms with Gasteiger partial charge in [-0.1, -0.05) is 12.1 Å². The van der Waals surface area contributed by atoms with Crippen LogP contribution in [0.2, 0.25) is 0 Å². The number of nitrogens with zero attached hydrogens (tertiary/aromatic N) is 2. The predicted molar refractivity (Wildman–Crippen MR) is 108 cm³/mol. The lowest BCUT2D eigenvalue weighted by atomic mass is 10.2. The molecule has 0 saturated carbocycles. The Hall–Kier alpha value is -3.61. The Balaban J connectivity index is 1.62. The number of rotatable bonds is 7. The second kappa shape index (κ2) is 8.85. The summed E-state index contributed by atoms with van der Waals surface area (Å²) in [5.41, 5.74) is 1.29. The molecule has 0 atom stereocenters. The minimum atomic E-state index is -0.312. The zero-order valence-corrected chi connectivity index (χ0v) is 16.0. The quantitative estimate of drug-likeness (QED) is 0.639. The summed E-state index contributed by atoms with van der Waals surface area (Å²) in [5.74, 6) is 1.90. The Morgan fingerprint density at radius 3 is 2.25 bits per heavy atom. The zero-order chi connectivity index (χ0) is 19.9. The first-order valence-electron chi connectivity index (χ1n) is 8.87. The molecular formula is C21H22N4O3.